The molecule has 0 aliphatic heterocycles. The van der Waals surface area contributed by atoms with Gasteiger partial charge in [-0.15, -0.1) is 0 Å². The number of rotatable bonds is 0. The van der Waals surface area contributed by atoms with E-state index in [9.17, 15) is 0 Å². The molecule has 0 aliphatic carbocycles. The van der Waals surface area contributed by atoms with Gasteiger partial charge in [-0.05, 0) is 0 Å². The van der Waals surface area contributed by atoms with Gasteiger partial charge in [-0.25, -0.2) is 0 Å². The summed E-state index contributed by atoms with van der Waals surface area (Å²) in [5.41, 5.74) is 0. The van der Waals surface area contributed by atoms with Crippen LogP contribution in [0.4, 0.5) is 0 Å². The van der Waals surface area contributed by atoms with Crippen LogP contribution in [0.15, 0.2) is 0 Å². The fourth-order valence-electron chi connectivity index (χ4n) is 0. The third-order valence-electron chi connectivity index (χ3n) is 0. The maximum atomic E-state index is 8.58. The van der Waals surface area contributed by atoms with Gasteiger partial charge >= 0.3 is 226 Å². The maximum absolute atomic E-state index is 8.58. The molecule has 0 fully saturated rings. The molecule has 12 nitrogen and oxygen atoms in total. The van der Waals surface area contributed by atoms with Crippen molar-refractivity contribution in [1.82, 2.24) is 0 Å². The molecular formula is Ca6O12Si3. The first-order valence-electron chi connectivity index (χ1n) is 2.45. The van der Waals surface area contributed by atoms with Crippen molar-refractivity contribution in [3.05, 3.63) is 0 Å². The van der Waals surface area contributed by atoms with Crippen LogP contribution in [0.1, 0.15) is 0 Å². The van der Waals surface area contributed by atoms with Crippen LogP contribution in [0, 0.1) is 0 Å². The summed E-state index contributed by atoms with van der Waals surface area (Å²) in [6, 6.07) is 0. The quantitative estimate of drug-likeness (QED) is 0.271. The van der Waals surface area contributed by atoms with Gasteiger partial charge in [-0.1, -0.05) is 0 Å². The Morgan fingerprint density at radius 2 is 0.238 bits per heavy atom. The van der Waals surface area contributed by atoms with Crippen molar-refractivity contribution in [2.75, 3.05) is 0 Å². The van der Waals surface area contributed by atoms with Gasteiger partial charge in [0.1, 0.15) is 0 Å². The van der Waals surface area contributed by atoms with Crippen LogP contribution < -0.4 is 57.5 Å². The molecule has 0 N–H and O–H groups in total. The minimum atomic E-state index is -5.61. The fourth-order valence-corrected chi connectivity index (χ4v) is 0. The first kappa shape index (κ1) is 56.8. The van der Waals surface area contributed by atoms with Gasteiger partial charge in [0, 0.05) is 0 Å². The third-order valence-corrected chi connectivity index (χ3v) is 0. The number of hydrogen-bond donors (Lipinski definition) is 0. The molecule has 0 unspecified atom stereocenters. The molecule has 0 aromatic carbocycles. The second kappa shape index (κ2) is 29.9. The van der Waals surface area contributed by atoms with Crippen molar-refractivity contribution in [2.24, 2.45) is 0 Å². The van der Waals surface area contributed by atoms with E-state index in [1.165, 1.54) is 0 Å². The first-order chi connectivity index (χ1) is 6.00. The predicted octanol–water partition coefficient (Wildman–Crippen LogP) is -17.7. The van der Waals surface area contributed by atoms with Crippen molar-refractivity contribution >= 4 is 254 Å². The zero-order chi connectivity index (χ0) is 13.5. The summed E-state index contributed by atoms with van der Waals surface area (Å²) in [7, 11) is -16.8. The smallest absolute Gasteiger partial charge is 0.894 e. The molecule has 0 aromatic heterocycles. The van der Waals surface area contributed by atoms with Crippen molar-refractivity contribution < 1.29 is 57.5 Å². The minimum Gasteiger partial charge on any atom is -0.894 e. The van der Waals surface area contributed by atoms with Crippen LogP contribution in [0.3, 0.4) is 0 Å². The van der Waals surface area contributed by atoms with Crippen molar-refractivity contribution in [3.8, 4) is 0 Å². The average Bonchev–Trinajstić information content (AvgIpc) is 1.41. The Hall–Kier alpha value is 7.73. The SMILES string of the molecule is [Ca+2].[Ca+2].[Ca+2].[Ca+2].[Ca+2].[Ca+2].[O-][Si]([O-])([O-])[O-].[O-][Si]([O-])([O-])[O-].[O-][Si]([O-])([O-])[O-]. The van der Waals surface area contributed by atoms with E-state index in [1.807, 2.05) is 0 Å². The molecule has 0 radical (unpaired) electrons. The topological polar surface area (TPSA) is 277 Å². The molecule has 0 aromatic rings. The van der Waals surface area contributed by atoms with Crippen LogP contribution in [0.5, 0.6) is 0 Å². The Bertz CT molecular complexity index is 104. The van der Waals surface area contributed by atoms with Gasteiger partial charge in [-0.3, -0.25) is 0 Å². The second-order valence-corrected chi connectivity index (χ2v) is 4.50. The molecule has 0 heterocycles. The van der Waals surface area contributed by atoms with E-state index in [4.69, 9.17) is 57.5 Å². The Morgan fingerprint density at radius 1 is 0.238 bits per heavy atom. The third kappa shape index (κ3) is 307. The Balaban J connectivity index is -0.0000000129. The molecular weight excluding hydrogens is 517 g/mol. The zero-order valence-electron chi connectivity index (χ0n) is 10.6. The molecule has 0 rings (SSSR count). The van der Waals surface area contributed by atoms with E-state index in [2.05, 4.69) is 0 Å². The molecule has 0 atom stereocenters. The summed E-state index contributed by atoms with van der Waals surface area (Å²) in [4.78, 5) is 103. The van der Waals surface area contributed by atoms with Gasteiger partial charge in [0.05, 0.1) is 0 Å². The monoisotopic (exact) mass is 516 g/mol. The Morgan fingerprint density at radius 3 is 0.238 bits per heavy atom. The largest absolute Gasteiger partial charge is 2.00 e. The summed E-state index contributed by atoms with van der Waals surface area (Å²) < 4.78 is 0. The fraction of sp³-hybridized carbons (Fsp3) is 0. The minimum absolute atomic E-state index is 0. The van der Waals surface area contributed by atoms with Crippen molar-refractivity contribution in [2.45, 2.75) is 0 Å². The zero-order valence-corrected chi connectivity index (χ0v) is 26.9. The molecule has 0 saturated carbocycles. The Labute approximate surface area is 302 Å². The molecule has 0 aliphatic rings. The molecule has 21 heteroatoms. The normalized spacial score (nSPS) is 8.57. The van der Waals surface area contributed by atoms with Gasteiger partial charge in [0.2, 0.25) is 0 Å². The summed E-state index contributed by atoms with van der Waals surface area (Å²) in [5, 5.41) is 0. The van der Waals surface area contributed by atoms with E-state index in [0.29, 0.717) is 0 Å². The molecule has 0 bridgehead atoms. The van der Waals surface area contributed by atoms with Crippen LogP contribution in [0.2, 0.25) is 0 Å². The van der Waals surface area contributed by atoms with Gasteiger partial charge in [-0.2, -0.15) is 0 Å². The van der Waals surface area contributed by atoms with Gasteiger partial charge < -0.3 is 84.7 Å². The van der Waals surface area contributed by atoms with E-state index in [-0.39, 0.29) is 226 Å². The van der Waals surface area contributed by atoms with Crippen molar-refractivity contribution in [3.63, 3.8) is 0 Å². The van der Waals surface area contributed by atoms with Crippen LogP contribution in [0.25, 0.3) is 0 Å². The molecule has 0 spiro atoms. The van der Waals surface area contributed by atoms with E-state index >= 15 is 0 Å². The van der Waals surface area contributed by atoms with E-state index in [1.54, 1.807) is 0 Å². The Kier molecular flexibility index (Phi) is 80.9. The maximum Gasteiger partial charge on any atom is 2.00 e. The first-order valence-corrected chi connectivity index (χ1v) is 7.35. The molecule has 21 heavy (non-hydrogen) atoms. The van der Waals surface area contributed by atoms with E-state index < -0.39 is 27.1 Å². The van der Waals surface area contributed by atoms with E-state index in [0.717, 1.165) is 0 Å². The van der Waals surface area contributed by atoms with Crippen LogP contribution in [-0.4, -0.2) is 254 Å². The van der Waals surface area contributed by atoms with Crippen LogP contribution >= 0.6 is 0 Å². The molecule has 96 valence electrons. The average molecular weight is 517 g/mol. The summed E-state index contributed by atoms with van der Waals surface area (Å²) in [5.74, 6) is 0. The molecule has 0 amide bonds. The van der Waals surface area contributed by atoms with Crippen molar-refractivity contribution in [1.29, 1.82) is 0 Å². The van der Waals surface area contributed by atoms with Gasteiger partial charge in [0.25, 0.3) is 0 Å². The predicted molar refractivity (Wildman–Crippen MR) is 51.8 cm³/mol. The summed E-state index contributed by atoms with van der Waals surface area (Å²) in [6.07, 6.45) is 0. The standard InChI is InChI=1S/6Ca.3O4Si/c;;;;;;3*1-5(2,3)4/q6*+2;3*-4. The summed E-state index contributed by atoms with van der Waals surface area (Å²) >= 11 is 0. The number of hydrogen-bond acceptors (Lipinski definition) is 12. The molecule has 0 saturated heterocycles. The van der Waals surface area contributed by atoms with Crippen LogP contribution in [-0.2, 0) is 0 Å². The summed E-state index contributed by atoms with van der Waals surface area (Å²) in [6.45, 7) is 0. The van der Waals surface area contributed by atoms with Gasteiger partial charge in [0.15, 0.2) is 0 Å². The second-order valence-electron chi connectivity index (χ2n) is 1.50.